The van der Waals surface area contributed by atoms with E-state index in [1.54, 1.807) is 25.2 Å². The number of carbonyl (C=O) groups excluding carboxylic acids is 2. The highest BCUT2D eigenvalue weighted by molar-refractivity contribution is 6.35. The maximum Gasteiger partial charge on any atom is 0.279 e. The molecule has 0 aliphatic carbocycles. The van der Waals surface area contributed by atoms with Gasteiger partial charge < -0.3 is 15.5 Å². The Labute approximate surface area is 167 Å². The highest BCUT2D eigenvalue weighted by Crippen LogP contribution is 2.25. The van der Waals surface area contributed by atoms with E-state index in [2.05, 4.69) is 10.6 Å². The van der Waals surface area contributed by atoms with E-state index in [1.807, 2.05) is 6.92 Å². The van der Waals surface area contributed by atoms with Gasteiger partial charge in [0.25, 0.3) is 11.8 Å². The van der Waals surface area contributed by atoms with Crippen LogP contribution in [0.1, 0.15) is 18.5 Å². The third-order valence-corrected chi connectivity index (χ3v) is 4.42. The minimum Gasteiger partial charge on any atom is -0.345 e. The molecule has 0 radical (unpaired) electrons. The molecule has 2 aromatic carbocycles. The van der Waals surface area contributed by atoms with Gasteiger partial charge in [0.05, 0.1) is 13.1 Å². The van der Waals surface area contributed by atoms with Crippen LogP contribution in [0.5, 0.6) is 0 Å². The lowest BCUT2D eigenvalue weighted by atomic mass is 10.1. The van der Waals surface area contributed by atoms with E-state index < -0.39 is 0 Å². The predicted molar refractivity (Wildman–Crippen MR) is 105 cm³/mol. The molecule has 0 fully saturated rings. The number of rotatable bonds is 7. The molecular formula is C19H21Cl2FN3O2+. The first kappa shape index (κ1) is 21.2. The van der Waals surface area contributed by atoms with Gasteiger partial charge in [0.15, 0.2) is 13.1 Å². The van der Waals surface area contributed by atoms with E-state index in [1.165, 1.54) is 24.3 Å². The summed E-state index contributed by atoms with van der Waals surface area (Å²) in [6.07, 6.45) is 0. The summed E-state index contributed by atoms with van der Waals surface area (Å²) in [7, 11) is 1.74. The van der Waals surface area contributed by atoms with Crippen molar-refractivity contribution in [2.75, 3.05) is 25.5 Å². The Bertz CT molecular complexity index is 815. The van der Waals surface area contributed by atoms with Crippen LogP contribution in [-0.2, 0) is 9.59 Å². The molecule has 0 spiro atoms. The number of hydrogen-bond donors (Lipinski definition) is 3. The van der Waals surface area contributed by atoms with Crippen LogP contribution in [0.3, 0.4) is 0 Å². The molecule has 0 aliphatic heterocycles. The molecule has 0 aromatic heterocycles. The fraction of sp³-hybridized carbons (Fsp3) is 0.263. The van der Waals surface area contributed by atoms with Crippen molar-refractivity contribution in [3.8, 4) is 0 Å². The number of amides is 2. The Morgan fingerprint density at radius 3 is 2.33 bits per heavy atom. The van der Waals surface area contributed by atoms with Gasteiger partial charge in [0.1, 0.15) is 5.82 Å². The summed E-state index contributed by atoms with van der Waals surface area (Å²) in [5, 5.41) is 6.53. The van der Waals surface area contributed by atoms with Gasteiger partial charge in [-0.1, -0.05) is 29.3 Å². The molecule has 144 valence electrons. The molecule has 0 saturated carbocycles. The van der Waals surface area contributed by atoms with Gasteiger partial charge in [-0.25, -0.2) is 4.39 Å². The van der Waals surface area contributed by atoms with Gasteiger partial charge in [-0.3, -0.25) is 9.59 Å². The molecule has 1 unspecified atom stereocenters. The fourth-order valence-corrected chi connectivity index (χ4v) is 3.14. The van der Waals surface area contributed by atoms with Crippen LogP contribution < -0.4 is 15.5 Å². The highest BCUT2D eigenvalue weighted by Gasteiger charge is 2.18. The molecule has 0 heterocycles. The van der Waals surface area contributed by atoms with Gasteiger partial charge >= 0.3 is 0 Å². The quantitative estimate of drug-likeness (QED) is 0.653. The van der Waals surface area contributed by atoms with E-state index in [4.69, 9.17) is 23.2 Å². The van der Waals surface area contributed by atoms with Crippen LogP contribution in [0.2, 0.25) is 10.0 Å². The molecule has 8 heteroatoms. The molecule has 2 atom stereocenters. The zero-order valence-electron chi connectivity index (χ0n) is 15.0. The predicted octanol–water partition coefficient (Wildman–Crippen LogP) is 2.46. The van der Waals surface area contributed by atoms with Crippen LogP contribution >= 0.6 is 23.2 Å². The van der Waals surface area contributed by atoms with E-state index in [0.29, 0.717) is 20.6 Å². The fourth-order valence-electron chi connectivity index (χ4n) is 2.57. The lowest BCUT2D eigenvalue weighted by molar-refractivity contribution is -0.862. The molecular weight excluding hydrogens is 392 g/mol. The molecule has 0 bridgehead atoms. The number of hydrogen-bond acceptors (Lipinski definition) is 2. The lowest BCUT2D eigenvalue weighted by Gasteiger charge is -2.18. The minimum absolute atomic E-state index is 0.0981. The third kappa shape index (κ3) is 6.82. The van der Waals surface area contributed by atoms with Crippen molar-refractivity contribution in [3.63, 3.8) is 0 Å². The van der Waals surface area contributed by atoms with Gasteiger partial charge in [0.2, 0.25) is 0 Å². The molecule has 5 nitrogen and oxygen atoms in total. The Balaban J connectivity index is 1.82. The molecule has 2 aromatic rings. The van der Waals surface area contributed by atoms with Crippen LogP contribution in [0.25, 0.3) is 0 Å². The number of likely N-dealkylation sites (N-methyl/N-ethyl adjacent to an activating group) is 1. The van der Waals surface area contributed by atoms with E-state index in [9.17, 15) is 14.0 Å². The Kier molecular flexibility index (Phi) is 7.59. The summed E-state index contributed by atoms with van der Waals surface area (Å²) in [5.74, 6) is -0.844. The monoisotopic (exact) mass is 412 g/mol. The maximum absolute atomic E-state index is 12.9. The number of anilines is 1. The zero-order chi connectivity index (χ0) is 20.0. The Morgan fingerprint density at radius 2 is 1.70 bits per heavy atom. The number of nitrogens with one attached hydrogen (secondary N) is 3. The van der Waals surface area contributed by atoms with Crippen molar-refractivity contribution in [1.82, 2.24) is 5.32 Å². The van der Waals surface area contributed by atoms with Gasteiger partial charge in [0, 0.05) is 15.7 Å². The first-order valence-electron chi connectivity index (χ1n) is 8.35. The Hall–Kier alpha value is -2.15. The standard InChI is InChI=1S/C19H20Cl2FN3O2/c1-12(16-8-3-13(20)9-17(16)21)23-18(26)10-25(2)11-19(27)24-15-6-4-14(22)5-7-15/h3-9,12H,10-11H2,1-2H3,(H,23,26)(H,24,27)/p+1/t12-/m1/s1. The Morgan fingerprint density at radius 1 is 1.07 bits per heavy atom. The zero-order valence-corrected chi connectivity index (χ0v) is 16.5. The topological polar surface area (TPSA) is 62.6 Å². The lowest BCUT2D eigenvalue weighted by Crippen LogP contribution is -3.11. The van der Waals surface area contributed by atoms with Gasteiger partial charge in [-0.05, 0) is 48.9 Å². The second-order valence-electron chi connectivity index (χ2n) is 6.32. The second kappa shape index (κ2) is 9.69. The average Bonchev–Trinajstić information content (AvgIpc) is 2.56. The van der Waals surface area contributed by atoms with Crippen LogP contribution in [0.4, 0.5) is 10.1 Å². The number of benzene rings is 2. The van der Waals surface area contributed by atoms with Crippen molar-refractivity contribution in [1.29, 1.82) is 0 Å². The maximum atomic E-state index is 12.9. The van der Waals surface area contributed by atoms with Gasteiger partial charge in [-0.15, -0.1) is 0 Å². The second-order valence-corrected chi connectivity index (χ2v) is 7.16. The normalized spacial score (nSPS) is 12.9. The number of quaternary nitrogens is 1. The van der Waals surface area contributed by atoms with Crippen LogP contribution in [0.15, 0.2) is 42.5 Å². The summed E-state index contributed by atoms with van der Waals surface area (Å²) in [5.41, 5.74) is 1.27. The van der Waals surface area contributed by atoms with Crippen molar-refractivity contribution in [3.05, 3.63) is 63.9 Å². The number of carbonyl (C=O) groups is 2. The minimum atomic E-state index is -0.373. The molecule has 27 heavy (non-hydrogen) atoms. The van der Waals surface area contributed by atoms with Gasteiger partial charge in [-0.2, -0.15) is 0 Å². The van der Waals surface area contributed by atoms with Crippen molar-refractivity contribution in [2.45, 2.75) is 13.0 Å². The summed E-state index contributed by atoms with van der Waals surface area (Å²) in [4.78, 5) is 25.0. The smallest absolute Gasteiger partial charge is 0.279 e. The molecule has 0 saturated heterocycles. The summed E-state index contributed by atoms with van der Waals surface area (Å²) >= 11 is 12.0. The molecule has 0 aliphatic rings. The molecule has 3 N–H and O–H groups in total. The third-order valence-electron chi connectivity index (χ3n) is 3.86. The van der Waals surface area contributed by atoms with Crippen molar-refractivity contribution < 1.29 is 18.9 Å². The van der Waals surface area contributed by atoms with E-state index in [-0.39, 0.29) is 36.8 Å². The average molecular weight is 413 g/mol. The van der Waals surface area contributed by atoms with Crippen molar-refractivity contribution >= 4 is 40.7 Å². The first-order chi connectivity index (χ1) is 12.7. The van der Waals surface area contributed by atoms with Crippen LogP contribution in [-0.4, -0.2) is 32.0 Å². The molecule has 2 rings (SSSR count). The highest BCUT2D eigenvalue weighted by atomic mass is 35.5. The number of halogens is 3. The summed E-state index contributed by atoms with van der Waals surface area (Å²) in [6, 6.07) is 10.3. The van der Waals surface area contributed by atoms with Crippen molar-refractivity contribution in [2.24, 2.45) is 0 Å². The van der Waals surface area contributed by atoms with E-state index in [0.717, 1.165) is 5.56 Å². The van der Waals surface area contributed by atoms with E-state index >= 15 is 0 Å². The molecule has 2 amide bonds. The SMILES string of the molecule is C[C@@H](NC(=O)C[NH+](C)CC(=O)Nc1ccc(F)cc1)c1ccc(Cl)cc1Cl. The van der Waals surface area contributed by atoms with Crippen LogP contribution in [0, 0.1) is 5.82 Å². The summed E-state index contributed by atoms with van der Waals surface area (Å²) in [6.45, 7) is 2.04. The summed E-state index contributed by atoms with van der Waals surface area (Å²) < 4.78 is 12.9. The largest absolute Gasteiger partial charge is 0.345 e. The first-order valence-corrected chi connectivity index (χ1v) is 9.11.